The summed E-state index contributed by atoms with van der Waals surface area (Å²) in [5.74, 6) is 1.01. The fourth-order valence-electron chi connectivity index (χ4n) is 3.16. The largest absolute Gasteiger partial charge is 0.494 e. The van der Waals surface area contributed by atoms with Gasteiger partial charge in [0.25, 0.3) is 11.8 Å². The molecule has 26 heavy (non-hydrogen) atoms. The van der Waals surface area contributed by atoms with Crippen LogP contribution in [0.2, 0.25) is 0 Å². The van der Waals surface area contributed by atoms with E-state index in [1.165, 1.54) is 6.26 Å². The molecule has 1 saturated heterocycles. The molecule has 0 atom stereocenters. The van der Waals surface area contributed by atoms with Crippen molar-refractivity contribution in [1.29, 1.82) is 0 Å². The summed E-state index contributed by atoms with van der Waals surface area (Å²) in [5, 5.41) is 0. The number of aryl methyl sites for hydroxylation is 1. The molecule has 0 spiro atoms. The number of amides is 2. The number of benzene rings is 1. The predicted octanol–water partition coefficient (Wildman–Crippen LogP) is 2.98. The predicted molar refractivity (Wildman–Crippen MR) is 97.5 cm³/mol. The number of carbonyl (C=O) groups is 2. The van der Waals surface area contributed by atoms with E-state index in [9.17, 15) is 9.59 Å². The third kappa shape index (κ3) is 3.90. The minimum atomic E-state index is -0.124. The van der Waals surface area contributed by atoms with E-state index >= 15 is 0 Å². The molecule has 1 aliphatic rings. The average Bonchev–Trinajstić information content (AvgIpc) is 3.07. The van der Waals surface area contributed by atoms with Gasteiger partial charge in [-0.25, -0.2) is 0 Å². The molecule has 3 rings (SSSR count). The quantitative estimate of drug-likeness (QED) is 0.845. The second kappa shape index (κ2) is 8.08. The van der Waals surface area contributed by atoms with Gasteiger partial charge < -0.3 is 19.0 Å². The first kappa shape index (κ1) is 18.0. The third-order valence-electron chi connectivity index (χ3n) is 4.52. The van der Waals surface area contributed by atoms with Crippen LogP contribution in [-0.2, 0) is 0 Å². The maximum Gasteiger partial charge on any atom is 0.289 e. The van der Waals surface area contributed by atoms with Crippen LogP contribution in [0.4, 0.5) is 0 Å². The van der Waals surface area contributed by atoms with Crippen LogP contribution in [0.25, 0.3) is 0 Å². The van der Waals surface area contributed by atoms with Gasteiger partial charge >= 0.3 is 0 Å². The molecule has 0 N–H and O–H groups in total. The van der Waals surface area contributed by atoms with Crippen molar-refractivity contribution in [2.24, 2.45) is 0 Å². The lowest BCUT2D eigenvalue weighted by Gasteiger charge is -2.22. The molecule has 0 radical (unpaired) electrons. The maximum atomic E-state index is 12.8. The number of carbonyl (C=O) groups excluding carboxylic acids is 2. The van der Waals surface area contributed by atoms with E-state index in [4.69, 9.17) is 9.15 Å². The van der Waals surface area contributed by atoms with Crippen molar-refractivity contribution in [3.8, 4) is 5.75 Å². The molecular formula is C20H24N2O4. The van der Waals surface area contributed by atoms with Crippen LogP contribution >= 0.6 is 0 Å². The Balaban J connectivity index is 1.66. The molecule has 1 aliphatic heterocycles. The Morgan fingerprint density at radius 3 is 2.42 bits per heavy atom. The number of nitrogens with zero attached hydrogens (tertiary/aromatic N) is 2. The molecule has 1 aromatic carbocycles. The van der Waals surface area contributed by atoms with E-state index in [-0.39, 0.29) is 11.8 Å². The van der Waals surface area contributed by atoms with Crippen LogP contribution in [0.5, 0.6) is 5.75 Å². The first-order valence-electron chi connectivity index (χ1n) is 8.95. The first-order chi connectivity index (χ1) is 12.6. The minimum absolute atomic E-state index is 0.0107. The Hall–Kier alpha value is -2.76. The topological polar surface area (TPSA) is 63.0 Å². The van der Waals surface area contributed by atoms with Gasteiger partial charge in [-0.15, -0.1) is 0 Å². The average molecular weight is 356 g/mol. The Labute approximate surface area is 153 Å². The summed E-state index contributed by atoms with van der Waals surface area (Å²) >= 11 is 0. The molecule has 1 fully saturated rings. The molecular weight excluding hydrogens is 332 g/mol. The molecule has 138 valence electrons. The summed E-state index contributed by atoms with van der Waals surface area (Å²) in [6, 6.07) is 8.88. The number of hydrogen-bond donors (Lipinski definition) is 0. The van der Waals surface area contributed by atoms with Crippen molar-refractivity contribution in [2.75, 3.05) is 32.8 Å². The van der Waals surface area contributed by atoms with Gasteiger partial charge in [0.15, 0.2) is 5.76 Å². The highest BCUT2D eigenvalue weighted by Crippen LogP contribution is 2.20. The highest BCUT2D eigenvalue weighted by Gasteiger charge is 2.24. The molecule has 2 amide bonds. The zero-order valence-electron chi connectivity index (χ0n) is 15.2. The molecule has 1 aromatic heterocycles. The normalized spacial score (nSPS) is 14.8. The van der Waals surface area contributed by atoms with Gasteiger partial charge in [-0.3, -0.25) is 9.59 Å². The molecule has 0 unspecified atom stereocenters. The molecule has 6 nitrogen and oxygen atoms in total. The van der Waals surface area contributed by atoms with Crippen LogP contribution in [0.15, 0.2) is 41.0 Å². The monoisotopic (exact) mass is 356 g/mol. The van der Waals surface area contributed by atoms with Crippen molar-refractivity contribution < 1.29 is 18.7 Å². The Kier molecular flexibility index (Phi) is 5.61. The van der Waals surface area contributed by atoms with Crippen LogP contribution in [0, 0.1) is 6.92 Å². The van der Waals surface area contributed by atoms with Gasteiger partial charge in [-0.1, -0.05) is 0 Å². The van der Waals surface area contributed by atoms with E-state index in [0.29, 0.717) is 44.1 Å². The standard InChI is InChI=1S/C20H24N2O4/c1-3-25-17-8-7-16(14-15(17)2)19(23)21-9-5-10-22(12-11-21)20(24)18-6-4-13-26-18/h4,6-8,13-14H,3,5,9-12H2,1-2H3. The number of rotatable bonds is 4. The van der Waals surface area contributed by atoms with E-state index in [0.717, 1.165) is 17.7 Å². The van der Waals surface area contributed by atoms with Crippen LogP contribution < -0.4 is 4.74 Å². The van der Waals surface area contributed by atoms with Crippen LogP contribution in [0.1, 0.15) is 39.8 Å². The summed E-state index contributed by atoms with van der Waals surface area (Å²) < 4.78 is 10.7. The second-order valence-corrected chi connectivity index (χ2v) is 6.33. The van der Waals surface area contributed by atoms with Crippen LogP contribution in [-0.4, -0.2) is 54.4 Å². The minimum Gasteiger partial charge on any atom is -0.494 e. The smallest absolute Gasteiger partial charge is 0.289 e. The van der Waals surface area contributed by atoms with E-state index in [1.54, 1.807) is 23.1 Å². The summed E-state index contributed by atoms with van der Waals surface area (Å²) in [7, 11) is 0. The maximum absolute atomic E-state index is 12.8. The SMILES string of the molecule is CCOc1ccc(C(=O)N2CCCN(C(=O)c3ccco3)CC2)cc1C. The van der Waals surface area contributed by atoms with E-state index in [1.807, 2.05) is 30.9 Å². The summed E-state index contributed by atoms with van der Waals surface area (Å²) in [6.45, 7) is 6.73. The third-order valence-corrected chi connectivity index (χ3v) is 4.52. The highest BCUT2D eigenvalue weighted by atomic mass is 16.5. The van der Waals surface area contributed by atoms with Crippen molar-refractivity contribution >= 4 is 11.8 Å². The number of furan rings is 1. The van der Waals surface area contributed by atoms with Crippen molar-refractivity contribution in [1.82, 2.24) is 9.80 Å². The highest BCUT2D eigenvalue weighted by molar-refractivity contribution is 5.95. The summed E-state index contributed by atoms with van der Waals surface area (Å²) in [5.41, 5.74) is 1.60. The van der Waals surface area contributed by atoms with Crippen molar-refractivity contribution in [3.63, 3.8) is 0 Å². The zero-order valence-corrected chi connectivity index (χ0v) is 15.2. The summed E-state index contributed by atoms with van der Waals surface area (Å²) in [4.78, 5) is 28.8. The lowest BCUT2D eigenvalue weighted by Crippen LogP contribution is -2.37. The lowest BCUT2D eigenvalue weighted by atomic mass is 10.1. The van der Waals surface area contributed by atoms with Gasteiger partial charge in [0.05, 0.1) is 12.9 Å². The fraction of sp³-hybridized carbons (Fsp3) is 0.400. The van der Waals surface area contributed by atoms with Crippen LogP contribution in [0.3, 0.4) is 0 Å². The van der Waals surface area contributed by atoms with Gasteiger partial charge in [0, 0.05) is 31.7 Å². The fourth-order valence-corrected chi connectivity index (χ4v) is 3.16. The Bertz CT molecular complexity index is 770. The zero-order chi connectivity index (χ0) is 18.5. The molecule has 2 heterocycles. The van der Waals surface area contributed by atoms with Gasteiger partial charge in [-0.05, 0) is 56.2 Å². The molecule has 6 heteroatoms. The summed E-state index contributed by atoms with van der Waals surface area (Å²) in [6.07, 6.45) is 2.24. The number of ether oxygens (including phenoxy) is 1. The van der Waals surface area contributed by atoms with Crippen molar-refractivity contribution in [3.05, 3.63) is 53.5 Å². The van der Waals surface area contributed by atoms with Gasteiger partial charge in [-0.2, -0.15) is 0 Å². The Morgan fingerprint density at radius 1 is 1.08 bits per heavy atom. The molecule has 2 aromatic rings. The molecule has 0 bridgehead atoms. The van der Waals surface area contributed by atoms with Gasteiger partial charge in [0.2, 0.25) is 0 Å². The Morgan fingerprint density at radius 2 is 1.81 bits per heavy atom. The lowest BCUT2D eigenvalue weighted by molar-refractivity contribution is 0.0700. The first-order valence-corrected chi connectivity index (χ1v) is 8.95. The van der Waals surface area contributed by atoms with E-state index < -0.39 is 0 Å². The number of hydrogen-bond acceptors (Lipinski definition) is 4. The molecule has 0 saturated carbocycles. The van der Waals surface area contributed by atoms with Gasteiger partial charge in [0.1, 0.15) is 5.75 Å². The second-order valence-electron chi connectivity index (χ2n) is 6.33. The van der Waals surface area contributed by atoms with E-state index in [2.05, 4.69) is 0 Å². The molecule has 0 aliphatic carbocycles. The van der Waals surface area contributed by atoms with Crippen molar-refractivity contribution in [2.45, 2.75) is 20.3 Å².